The number of ether oxygens (including phenoxy) is 1. The Kier molecular flexibility index (Phi) is 7.77. The first-order valence-corrected chi connectivity index (χ1v) is 8.94. The van der Waals surface area contributed by atoms with Gasteiger partial charge < -0.3 is 10.5 Å². The molecule has 0 saturated carbocycles. The fourth-order valence-corrected chi connectivity index (χ4v) is 2.62. The Hall–Kier alpha value is -2.55. The number of aliphatic imine (C=N–C) groups is 1. The molecule has 25 heavy (non-hydrogen) atoms. The van der Waals surface area contributed by atoms with Crippen LogP contribution in [0, 0.1) is 0 Å². The summed E-state index contributed by atoms with van der Waals surface area (Å²) < 4.78 is 5.82. The van der Waals surface area contributed by atoms with Gasteiger partial charge in [-0.15, -0.1) is 0 Å². The Balaban J connectivity index is 1.88. The van der Waals surface area contributed by atoms with Gasteiger partial charge in [0.15, 0.2) is 0 Å². The Bertz CT molecular complexity index is 702. The van der Waals surface area contributed by atoms with E-state index in [0.29, 0.717) is 12.4 Å². The molecule has 0 aromatic heterocycles. The number of benzene rings is 2. The second-order valence-electron chi connectivity index (χ2n) is 6.02. The van der Waals surface area contributed by atoms with Crippen molar-refractivity contribution in [2.24, 2.45) is 10.7 Å². The van der Waals surface area contributed by atoms with Gasteiger partial charge in [0.25, 0.3) is 0 Å². The molecule has 3 heteroatoms. The van der Waals surface area contributed by atoms with Gasteiger partial charge in [-0.3, -0.25) is 4.99 Å². The Morgan fingerprint density at radius 2 is 1.84 bits per heavy atom. The van der Waals surface area contributed by atoms with Crippen LogP contribution in [0.15, 0.2) is 59.6 Å². The molecule has 0 amide bonds. The summed E-state index contributed by atoms with van der Waals surface area (Å²) in [6.07, 6.45) is 9.09. The van der Waals surface area contributed by atoms with Gasteiger partial charge in [0, 0.05) is 7.05 Å². The van der Waals surface area contributed by atoms with Gasteiger partial charge in [-0.2, -0.15) is 0 Å². The van der Waals surface area contributed by atoms with Crippen molar-refractivity contribution in [3.8, 4) is 5.75 Å². The van der Waals surface area contributed by atoms with Gasteiger partial charge >= 0.3 is 0 Å². The summed E-state index contributed by atoms with van der Waals surface area (Å²) in [6.45, 7) is 2.73. The van der Waals surface area contributed by atoms with Crippen LogP contribution in [0.5, 0.6) is 5.75 Å². The van der Waals surface area contributed by atoms with Crippen LogP contribution in [0.4, 0.5) is 0 Å². The van der Waals surface area contributed by atoms with E-state index in [2.05, 4.69) is 42.3 Å². The van der Waals surface area contributed by atoms with Crippen LogP contribution < -0.4 is 10.5 Å². The summed E-state index contributed by atoms with van der Waals surface area (Å²) in [5.74, 6) is 1.24. The zero-order chi connectivity index (χ0) is 17.9. The first kappa shape index (κ1) is 18.8. The van der Waals surface area contributed by atoms with E-state index in [-0.39, 0.29) is 0 Å². The lowest BCUT2D eigenvalue weighted by molar-refractivity contribution is 0.363. The molecular formula is C22H28N2O. The van der Waals surface area contributed by atoms with Crippen LogP contribution in [0.3, 0.4) is 0 Å². The largest absolute Gasteiger partial charge is 0.489 e. The molecule has 132 valence electrons. The monoisotopic (exact) mass is 336 g/mol. The van der Waals surface area contributed by atoms with E-state index in [1.807, 2.05) is 30.3 Å². The van der Waals surface area contributed by atoms with Crippen molar-refractivity contribution >= 4 is 11.9 Å². The number of para-hydroxylation sites is 1. The van der Waals surface area contributed by atoms with Crippen LogP contribution in [-0.4, -0.2) is 19.5 Å². The highest BCUT2D eigenvalue weighted by molar-refractivity contribution is 5.99. The third kappa shape index (κ3) is 6.11. The summed E-state index contributed by atoms with van der Waals surface area (Å²) >= 11 is 0. The lowest BCUT2D eigenvalue weighted by Gasteiger charge is -2.09. The maximum Gasteiger partial charge on any atom is 0.130 e. The van der Waals surface area contributed by atoms with Gasteiger partial charge in [-0.05, 0) is 42.2 Å². The number of hydrogen-bond acceptors (Lipinski definition) is 2. The zero-order valence-corrected chi connectivity index (χ0v) is 15.2. The Morgan fingerprint density at radius 3 is 2.56 bits per heavy atom. The molecule has 2 aromatic rings. The summed E-state index contributed by atoms with van der Waals surface area (Å²) in [5.41, 5.74) is 9.32. The molecule has 0 aliphatic carbocycles. The first-order valence-electron chi connectivity index (χ1n) is 8.94. The topological polar surface area (TPSA) is 47.6 Å². The van der Waals surface area contributed by atoms with Crippen LogP contribution in [-0.2, 0) is 6.42 Å². The van der Waals surface area contributed by atoms with E-state index in [1.165, 1.54) is 30.4 Å². The molecule has 0 unspecified atom stereocenters. The summed E-state index contributed by atoms with van der Waals surface area (Å²) in [5, 5.41) is 0. The fraction of sp³-hybridized carbons (Fsp3) is 0.318. The van der Waals surface area contributed by atoms with Gasteiger partial charge in [0.2, 0.25) is 0 Å². The maximum atomic E-state index is 5.90. The standard InChI is InChI=1S/C22H28N2O/c1-3-4-5-9-18-13-15-19(16-14-18)10-8-17-25-21-12-7-6-11-20(21)22(23)24-2/h6-8,10-16H,3-5,9,17H2,1-2H3,(H2,23,24)/b10-8+. The lowest BCUT2D eigenvalue weighted by atomic mass is 10.1. The minimum atomic E-state index is 0.484. The van der Waals surface area contributed by atoms with Crippen molar-refractivity contribution < 1.29 is 4.74 Å². The van der Waals surface area contributed by atoms with Crippen molar-refractivity contribution in [2.45, 2.75) is 32.6 Å². The molecular weight excluding hydrogens is 308 g/mol. The van der Waals surface area contributed by atoms with E-state index in [1.54, 1.807) is 7.05 Å². The third-order valence-electron chi connectivity index (χ3n) is 4.10. The lowest BCUT2D eigenvalue weighted by Crippen LogP contribution is -2.14. The SMILES string of the molecule is CCCCCc1ccc(/C=C/COc2ccccc2C(N)=NC)cc1. The van der Waals surface area contributed by atoms with Gasteiger partial charge in [0.1, 0.15) is 18.2 Å². The van der Waals surface area contributed by atoms with E-state index in [0.717, 1.165) is 17.7 Å². The summed E-state index contributed by atoms with van der Waals surface area (Å²) in [7, 11) is 1.68. The molecule has 0 bridgehead atoms. The van der Waals surface area contributed by atoms with Gasteiger partial charge in [-0.25, -0.2) is 0 Å². The number of nitrogens with zero attached hydrogens (tertiary/aromatic N) is 1. The third-order valence-corrected chi connectivity index (χ3v) is 4.10. The average Bonchev–Trinajstić information content (AvgIpc) is 2.66. The van der Waals surface area contributed by atoms with Gasteiger partial charge in [-0.1, -0.05) is 62.2 Å². The molecule has 0 heterocycles. The summed E-state index contributed by atoms with van der Waals surface area (Å²) in [4.78, 5) is 4.03. The van der Waals surface area contributed by atoms with Crippen molar-refractivity contribution in [1.82, 2.24) is 0 Å². The highest BCUT2D eigenvalue weighted by atomic mass is 16.5. The van der Waals surface area contributed by atoms with E-state index in [4.69, 9.17) is 10.5 Å². The second kappa shape index (κ2) is 10.3. The average molecular weight is 336 g/mol. The molecule has 2 aromatic carbocycles. The highest BCUT2D eigenvalue weighted by Gasteiger charge is 2.05. The molecule has 2 rings (SSSR count). The number of rotatable bonds is 9. The number of amidine groups is 1. The molecule has 0 fully saturated rings. The molecule has 0 radical (unpaired) electrons. The summed E-state index contributed by atoms with van der Waals surface area (Å²) in [6, 6.07) is 16.4. The highest BCUT2D eigenvalue weighted by Crippen LogP contribution is 2.17. The predicted molar refractivity (Wildman–Crippen MR) is 107 cm³/mol. The zero-order valence-electron chi connectivity index (χ0n) is 15.2. The molecule has 2 N–H and O–H groups in total. The first-order chi connectivity index (χ1) is 12.2. The quantitative estimate of drug-likeness (QED) is 0.404. The van der Waals surface area contributed by atoms with Crippen molar-refractivity contribution in [2.75, 3.05) is 13.7 Å². The van der Waals surface area contributed by atoms with Crippen LogP contribution in [0.1, 0.15) is 42.9 Å². The second-order valence-corrected chi connectivity index (χ2v) is 6.02. The number of unbranched alkanes of at least 4 members (excludes halogenated alkanes) is 2. The molecule has 0 atom stereocenters. The van der Waals surface area contributed by atoms with Crippen LogP contribution in [0.2, 0.25) is 0 Å². The Labute approximate surface area is 151 Å². The number of nitrogens with two attached hydrogens (primary N) is 1. The minimum absolute atomic E-state index is 0.484. The number of hydrogen-bond donors (Lipinski definition) is 1. The number of aryl methyl sites for hydroxylation is 1. The van der Waals surface area contributed by atoms with Crippen LogP contribution >= 0.6 is 0 Å². The van der Waals surface area contributed by atoms with E-state index < -0.39 is 0 Å². The molecule has 0 spiro atoms. The normalized spacial score (nSPS) is 11.8. The van der Waals surface area contributed by atoms with Crippen molar-refractivity contribution in [3.05, 3.63) is 71.3 Å². The molecule has 0 aliphatic heterocycles. The van der Waals surface area contributed by atoms with E-state index in [9.17, 15) is 0 Å². The fourth-order valence-electron chi connectivity index (χ4n) is 2.62. The van der Waals surface area contributed by atoms with Crippen molar-refractivity contribution in [1.29, 1.82) is 0 Å². The van der Waals surface area contributed by atoms with E-state index >= 15 is 0 Å². The predicted octanol–water partition coefficient (Wildman–Crippen LogP) is 4.85. The molecule has 3 nitrogen and oxygen atoms in total. The smallest absolute Gasteiger partial charge is 0.130 e. The Morgan fingerprint density at radius 1 is 1.08 bits per heavy atom. The van der Waals surface area contributed by atoms with Gasteiger partial charge in [0.05, 0.1) is 5.56 Å². The molecule has 0 saturated heterocycles. The van der Waals surface area contributed by atoms with Crippen molar-refractivity contribution in [3.63, 3.8) is 0 Å². The minimum Gasteiger partial charge on any atom is -0.489 e. The maximum absolute atomic E-state index is 5.90. The molecule has 0 aliphatic rings. The van der Waals surface area contributed by atoms with Crippen LogP contribution in [0.25, 0.3) is 6.08 Å².